The number of rotatable bonds is 8. The van der Waals surface area contributed by atoms with Gasteiger partial charge in [0.2, 0.25) is 11.8 Å². The molecule has 1 saturated heterocycles. The second kappa shape index (κ2) is 11.0. The van der Waals surface area contributed by atoms with Crippen LogP contribution >= 0.6 is 0 Å². The van der Waals surface area contributed by atoms with Crippen LogP contribution in [0.25, 0.3) is 0 Å². The fourth-order valence-corrected chi connectivity index (χ4v) is 4.47. The molecule has 1 N–H and O–H groups in total. The average Bonchev–Trinajstić information content (AvgIpc) is 2.83. The van der Waals surface area contributed by atoms with E-state index in [0.717, 1.165) is 43.2 Å². The summed E-state index contributed by atoms with van der Waals surface area (Å²) in [6.45, 7) is 3.56. The van der Waals surface area contributed by atoms with Crippen molar-refractivity contribution in [3.63, 3.8) is 0 Å². The van der Waals surface area contributed by atoms with Crippen LogP contribution in [-0.2, 0) is 16.0 Å². The first-order valence-corrected chi connectivity index (χ1v) is 11.6. The lowest BCUT2D eigenvalue weighted by Gasteiger charge is -2.32. The summed E-state index contributed by atoms with van der Waals surface area (Å²) in [5, 5.41) is 8.72. The second-order valence-electron chi connectivity index (χ2n) is 8.69. The van der Waals surface area contributed by atoms with Gasteiger partial charge in [0, 0.05) is 25.9 Å². The molecular formula is C26H32N4O2. The van der Waals surface area contributed by atoms with E-state index in [9.17, 15) is 9.59 Å². The Kier molecular flexibility index (Phi) is 7.67. The minimum Gasteiger partial charge on any atom is -0.353 e. The Morgan fingerprint density at radius 2 is 1.66 bits per heavy atom. The summed E-state index contributed by atoms with van der Waals surface area (Å²) in [5.74, 6) is 0.487. The minimum absolute atomic E-state index is 0.0195. The van der Waals surface area contributed by atoms with Crippen LogP contribution in [-0.4, -0.2) is 60.2 Å². The number of amides is 2. The topological polar surface area (TPSA) is 65.0 Å². The quantitative estimate of drug-likeness (QED) is 0.697. The molecule has 0 bridgehead atoms. The third-order valence-corrected chi connectivity index (χ3v) is 6.33. The van der Waals surface area contributed by atoms with Gasteiger partial charge in [-0.2, -0.15) is 5.10 Å². The molecule has 2 heterocycles. The van der Waals surface area contributed by atoms with Gasteiger partial charge in [-0.1, -0.05) is 60.7 Å². The molecule has 0 saturated carbocycles. The number of hydrazone groups is 1. The summed E-state index contributed by atoms with van der Waals surface area (Å²) in [5.41, 5.74) is 3.28. The van der Waals surface area contributed by atoms with Crippen LogP contribution in [0.1, 0.15) is 36.8 Å². The molecule has 0 spiro atoms. The first-order chi connectivity index (χ1) is 15.7. The molecule has 6 nitrogen and oxygen atoms in total. The summed E-state index contributed by atoms with van der Waals surface area (Å²) >= 11 is 0. The minimum atomic E-state index is -0.157. The molecular weight excluding hydrogens is 400 g/mol. The van der Waals surface area contributed by atoms with Crippen molar-refractivity contribution in [2.24, 2.45) is 11.0 Å². The maximum atomic E-state index is 12.4. The Labute approximate surface area is 190 Å². The van der Waals surface area contributed by atoms with Crippen molar-refractivity contribution < 1.29 is 9.59 Å². The van der Waals surface area contributed by atoms with Crippen LogP contribution in [0.2, 0.25) is 0 Å². The molecule has 0 atom stereocenters. The maximum Gasteiger partial charge on any atom is 0.243 e. The van der Waals surface area contributed by atoms with E-state index in [2.05, 4.69) is 45.6 Å². The molecule has 0 unspecified atom stereocenters. The number of nitrogens with one attached hydrogen (secondary N) is 1. The largest absolute Gasteiger partial charge is 0.353 e. The number of likely N-dealkylation sites (tertiary alicyclic amines) is 1. The molecule has 4 rings (SSSR count). The zero-order valence-corrected chi connectivity index (χ0v) is 18.6. The number of nitrogens with zero attached hydrogens (tertiary/aromatic N) is 3. The van der Waals surface area contributed by atoms with Crippen molar-refractivity contribution in [2.75, 3.05) is 32.7 Å². The van der Waals surface area contributed by atoms with Crippen LogP contribution in [0, 0.1) is 5.92 Å². The highest BCUT2D eigenvalue weighted by Gasteiger charge is 2.23. The average molecular weight is 433 g/mol. The monoisotopic (exact) mass is 432 g/mol. The van der Waals surface area contributed by atoms with E-state index in [-0.39, 0.29) is 18.4 Å². The van der Waals surface area contributed by atoms with E-state index < -0.39 is 0 Å². The highest BCUT2D eigenvalue weighted by atomic mass is 16.2. The van der Waals surface area contributed by atoms with Crippen molar-refractivity contribution in [1.29, 1.82) is 0 Å². The lowest BCUT2D eigenvalue weighted by Crippen LogP contribution is -2.43. The van der Waals surface area contributed by atoms with E-state index in [1.54, 1.807) is 0 Å². The number of carbonyl (C=O) groups is 2. The third kappa shape index (κ3) is 6.26. The molecule has 32 heavy (non-hydrogen) atoms. The number of hydrogen-bond donors (Lipinski definition) is 1. The Hall–Kier alpha value is -2.99. The predicted octanol–water partition coefficient (Wildman–Crippen LogP) is 3.08. The molecule has 2 amide bonds. The maximum absolute atomic E-state index is 12.4. The molecule has 0 radical (unpaired) electrons. The first kappa shape index (κ1) is 22.2. The SMILES string of the molecule is O=C(CN1N=C(c2ccccc2)CCC1=O)NCCN1CCC(Cc2ccccc2)CC1. The number of hydrogen-bond acceptors (Lipinski definition) is 4. The predicted molar refractivity (Wildman–Crippen MR) is 126 cm³/mol. The molecule has 2 aliphatic heterocycles. The van der Waals surface area contributed by atoms with Crippen LogP contribution in [0.15, 0.2) is 65.8 Å². The van der Waals surface area contributed by atoms with Gasteiger partial charge in [-0.05, 0) is 49.4 Å². The van der Waals surface area contributed by atoms with Gasteiger partial charge in [0.05, 0.1) is 5.71 Å². The molecule has 1 fully saturated rings. The van der Waals surface area contributed by atoms with Gasteiger partial charge < -0.3 is 10.2 Å². The summed E-state index contributed by atoms with van der Waals surface area (Å²) in [6, 6.07) is 20.5. The molecule has 2 aromatic rings. The van der Waals surface area contributed by atoms with Gasteiger partial charge in [-0.25, -0.2) is 5.01 Å². The number of carbonyl (C=O) groups excluding carboxylic acids is 2. The molecule has 2 aliphatic rings. The molecule has 168 valence electrons. The smallest absolute Gasteiger partial charge is 0.243 e. The van der Waals surface area contributed by atoms with E-state index in [1.807, 2.05) is 30.3 Å². The summed E-state index contributed by atoms with van der Waals surface area (Å²) in [6.07, 6.45) is 4.55. The molecule has 0 aliphatic carbocycles. The summed E-state index contributed by atoms with van der Waals surface area (Å²) < 4.78 is 0. The summed E-state index contributed by atoms with van der Waals surface area (Å²) in [4.78, 5) is 27.0. The number of piperidine rings is 1. The van der Waals surface area contributed by atoms with Crippen LogP contribution in [0.5, 0.6) is 0 Å². The highest BCUT2D eigenvalue weighted by molar-refractivity contribution is 6.04. The normalized spacial score (nSPS) is 17.8. The Morgan fingerprint density at radius 1 is 0.969 bits per heavy atom. The van der Waals surface area contributed by atoms with Gasteiger partial charge in [-0.15, -0.1) is 0 Å². The van der Waals surface area contributed by atoms with Gasteiger partial charge >= 0.3 is 0 Å². The zero-order chi connectivity index (χ0) is 22.2. The summed E-state index contributed by atoms with van der Waals surface area (Å²) in [7, 11) is 0. The highest BCUT2D eigenvalue weighted by Crippen LogP contribution is 2.21. The van der Waals surface area contributed by atoms with E-state index >= 15 is 0 Å². The Bertz CT molecular complexity index is 921. The van der Waals surface area contributed by atoms with Gasteiger partial charge in [0.15, 0.2) is 0 Å². The van der Waals surface area contributed by atoms with Crippen molar-refractivity contribution in [3.8, 4) is 0 Å². The Morgan fingerprint density at radius 3 is 2.38 bits per heavy atom. The fourth-order valence-electron chi connectivity index (χ4n) is 4.47. The van der Waals surface area contributed by atoms with Gasteiger partial charge in [0.25, 0.3) is 0 Å². The van der Waals surface area contributed by atoms with Crippen LogP contribution < -0.4 is 5.32 Å². The van der Waals surface area contributed by atoms with Crippen molar-refractivity contribution >= 4 is 17.5 Å². The first-order valence-electron chi connectivity index (χ1n) is 11.6. The zero-order valence-electron chi connectivity index (χ0n) is 18.6. The lowest BCUT2D eigenvalue weighted by molar-refractivity contribution is -0.136. The van der Waals surface area contributed by atoms with Crippen molar-refractivity contribution in [1.82, 2.24) is 15.2 Å². The Balaban J connectivity index is 1.17. The van der Waals surface area contributed by atoms with Crippen molar-refractivity contribution in [2.45, 2.75) is 32.1 Å². The second-order valence-corrected chi connectivity index (χ2v) is 8.69. The lowest BCUT2D eigenvalue weighted by atomic mass is 9.90. The van der Waals surface area contributed by atoms with Gasteiger partial charge in [-0.3, -0.25) is 9.59 Å². The van der Waals surface area contributed by atoms with Gasteiger partial charge in [0.1, 0.15) is 6.54 Å². The van der Waals surface area contributed by atoms with Crippen molar-refractivity contribution in [3.05, 3.63) is 71.8 Å². The standard InChI is InChI=1S/C26H32N4O2/c31-25(20-30-26(32)12-11-24(28-30)23-9-5-2-6-10-23)27-15-18-29-16-13-22(14-17-29)19-21-7-3-1-4-8-21/h1-10,22H,11-20H2,(H,27,31). The van der Waals surface area contributed by atoms with Crippen LogP contribution in [0.3, 0.4) is 0 Å². The van der Waals surface area contributed by atoms with E-state index in [0.29, 0.717) is 19.4 Å². The fraction of sp³-hybridized carbons (Fsp3) is 0.423. The molecule has 6 heteroatoms. The number of benzene rings is 2. The van der Waals surface area contributed by atoms with Crippen LogP contribution in [0.4, 0.5) is 0 Å². The molecule has 0 aromatic heterocycles. The van der Waals surface area contributed by atoms with E-state index in [1.165, 1.54) is 23.4 Å². The molecule has 2 aromatic carbocycles. The third-order valence-electron chi connectivity index (χ3n) is 6.33. The van der Waals surface area contributed by atoms with E-state index in [4.69, 9.17) is 0 Å².